The van der Waals surface area contributed by atoms with Gasteiger partial charge in [0.15, 0.2) is 0 Å². The molecule has 0 aromatic heterocycles. The van der Waals surface area contributed by atoms with Crippen LogP contribution in [0.3, 0.4) is 0 Å². The van der Waals surface area contributed by atoms with Crippen LogP contribution >= 0.6 is 0 Å². The monoisotopic (exact) mass is 472 g/mol. The Morgan fingerprint density at radius 1 is 0.824 bits per heavy atom. The van der Waals surface area contributed by atoms with Gasteiger partial charge in [-0.05, 0) is 0 Å². The van der Waals surface area contributed by atoms with Gasteiger partial charge in [0, 0.05) is 27.4 Å². The van der Waals surface area contributed by atoms with Crippen LogP contribution in [-0.4, -0.2) is 59.0 Å². The van der Waals surface area contributed by atoms with Gasteiger partial charge in [0.1, 0.15) is 0 Å². The molecule has 0 amide bonds. The molecule has 0 spiro atoms. The second-order valence-electron chi connectivity index (χ2n) is 2.18. The van der Waals surface area contributed by atoms with E-state index < -0.39 is 18.3 Å². The number of ether oxygens (including phenoxy) is 2. The normalized spacial score (nSPS) is 8.12. The summed E-state index contributed by atoms with van der Waals surface area (Å²) in [7, 11) is -3.02. The first-order valence-corrected chi connectivity index (χ1v) is 6.65. The number of hydrogen-bond donors (Lipinski definition) is 0. The fourth-order valence-electron chi connectivity index (χ4n) is 0.417. The van der Waals surface area contributed by atoms with E-state index in [0.29, 0.717) is 13.2 Å². The van der Waals surface area contributed by atoms with Crippen molar-refractivity contribution in [2.75, 3.05) is 40.6 Å². The van der Waals surface area contributed by atoms with E-state index in [-0.39, 0.29) is 40.9 Å². The number of methoxy groups -OCH3 is 2. The fourth-order valence-corrected chi connectivity index (χ4v) is 0.917. The molecule has 0 N–H and O–H groups in total. The molecule has 0 saturated heterocycles. The molecule has 0 aliphatic heterocycles. The van der Waals surface area contributed by atoms with Crippen LogP contribution in [0.5, 0.6) is 0 Å². The van der Waals surface area contributed by atoms with Crippen LogP contribution in [0.1, 0.15) is 0 Å². The first-order valence-electron chi connectivity index (χ1n) is 4.20. The summed E-state index contributed by atoms with van der Waals surface area (Å²) >= 11 is 0. The summed E-state index contributed by atoms with van der Waals surface area (Å²) in [6.45, 7) is 0.882. The predicted octanol–water partition coefficient (Wildman–Crippen LogP) is -3.15. The summed E-state index contributed by atoms with van der Waals surface area (Å²) in [4.78, 5) is 19.3. The molecular formula is C6H14HgO8Si2. The summed E-state index contributed by atoms with van der Waals surface area (Å²) in [5.74, 6) is 0. The first kappa shape index (κ1) is 22.3. The van der Waals surface area contributed by atoms with Crippen LogP contribution in [-0.2, 0) is 54.9 Å². The molecule has 0 heterocycles. The zero-order valence-corrected chi connectivity index (χ0v) is 17.3. The fraction of sp³-hybridized carbons (Fsp3) is 1.00. The van der Waals surface area contributed by atoms with Crippen molar-refractivity contribution in [3.63, 3.8) is 0 Å². The second-order valence-corrected chi connectivity index (χ2v) is 3.76. The quantitative estimate of drug-likeness (QED) is 0.270. The van der Waals surface area contributed by atoms with E-state index in [2.05, 4.69) is 18.3 Å². The van der Waals surface area contributed by atoms with Gasteiger partial charge in [0.2, 0.25) is 0 Å². The van der Waals surface area contributed by atoms with Crippen molar-refractivity contribution in [1.29, 1.82) is 0 Å². The molecule has 0 saturated carbocycles. The zero-order chi connectivity index (χ0) is 12.8. The smallest absolute Gasteiger partial charge is 0.586 e. The Labute approximate surface area is 123 Å². The summed E-state index contributed by atoms with van der Waals surface area (Å²) in [5.41, 5.74) is 0. The molecule has 96 valence electrons. The first-order chi connectivity index (χ1) is 7.54. The van der Waals surface area contributed by atoms with Gasteiger partial charge in [0.25, 0.3) is 0 Å². The average Bonchev–Trinajstić information content (AvgIpc) is 2.18. The molecule has 0 aromatic rings. The van der Waals surface area contributed by atoms with E-state index in [4.69, 9.17) is 0 Å². The van der Waals surface area contributed by atoms with E-state index in [0.717, 1.165) is 0 Å². The minimum atomic E-state index is -2.99. The molecule has 0 aliphatic carbocycles. The molecule has 0 rings (SSSR count). The van der Waals surface area contributed by atoms with Crippen LogP contribution in [0, 0.1) is 0 Å². The molecule has 11 heteroatoms. The largest absolute Gasteiger partial charge is 2.00 e. The number of rotatable bonds is 8. The molecule has 0 unspecified atom stereocenters. The summed E-state index contributed by atoms with van der Waals surface area (Å²) in [6, 6.07) is 0. The van der Waals surface area contributed by atoms with Crippen molar-refractivity contribution >= 4 is 18.3 Å². The molecule has 0 aliphatic rings. The van der Waals surface area contributed by atoms with Crippen molar-refractivity contribution in [3.05, 3.63) is 0 Å². The standard InChI is InChI=1S/2C3H7O4Si.Hg/c2*1-6-2-3-7-8(4)5;/h2*2-3H2,1H3;/q2*-1;+2. The molecule has 0 radical (unpaired) electrons. The predicted molar refractivity (Wildman–Crippen MR) is 48.5 cm³/mol. The Bertz CT molecular complexity index is 173. The van der Waals surface area contributed by atoms with Crippen molar-refractivity contribution in [1.82, 2.24) is 0 Å². The maximum absolute atomic E-state index is 9.67. The maximum Gasteiger partial charge on any atom is 2.00 e. The van der Waals surface area contributed by atoms with Gasteiger partial charge in [-0.1, -0.05) is 0 Å². The van der Waals surface area contributed by atoms with Gasteiger partial charge in [-0.2, -0.15) is 0 Å². The Morgan fingerprint density at radius 3 is 1.29 bits per heavy atom. The van der Waals surface area contributed by atoms with E-state index in [9.17, 15) is 18.5 Å². The average molecular weight is 471 g/mol. The zero-order valence-electron chi connectivity index (χ0n) is 9.80. The second kappa shape index (κ2) is 18.5. The molecule has 0 atom stereocenters. The Hall–Kier alpha value is 0.0888. The van der Waals surface area contributed by atoms with Crippen LogP contribution < -0.4 is 9.59 Å². The summed E-state index contributed by atoms with van der Waals surface area (Å²) < 4.78 is 36.6. The van der Waals surface area contributed by atoms with Gasteiger partial charge >= 0.3 is 46.0 Å². The van der Waals surface area contributed by atoms with Crippen LogP contribution in [0.4, 0.5) is 0 Å². The molecule has 17 heavy (non-hydrogen) atoms. The van der Waals surface area contributed by atoms with Crippen molar-refractivity contribution in [3.8, 4) is 0 Å². The minimum absolute atomic E-state index is 0. The summed E-state index contributed by atoms with van der Waals surface area (Å²) in [6.07, 6.45) is 0. The van der Waals surface area contributed by atoms with Crippen molar-refractivity contribution < 1.29 is 64.5 Å². The third-order valence-corrected chi connectivity index (χ3v) is 1.89. The molecule has 8 nitrogen and oxygen atoms in total. The third kappa shape index (κ3) is 31.4. The van der Waals surface area contributed by atoms with E-state index >= 15 is 0 Å². The van der Waals surface area contributed by atoms with E-state index in [1.165, 1.54) is 14.2 Å². The van der Waals surface area contributed by atoms with Crippen molar-refractivity contribution in [2.45, 2.75) is 0 Å². The van der Waals surface area contributed by atoms with E-state index in [1.54, 1.807) is 0 Å². The van der Waals surface area contributed by atoms with E-state index in [1.807, 2.05) is 0 Å². The van der Waals surface area contributed by atoms with Crippen LogP contribution in [0.15, 0.2) is 0 Å². The molecule has 0 fully saturated rings. The van der Waals surface area contributed by atoms with Gasteiger partial charge in [-0.15, -0.1) is 0 Å². The van der Waals surface area contributed by atoms with Crippen LogP contribution in [0.2, 0.25) is 0 Å². The van der Waals surface area contributed by atoms with Crippen molar-refractivity contribution in [2.24, 2.45) is 0 Å². The topological polar surface area (TPSA) is 117 Å². The Kier molecular flexibility index (Phi) is 24.2. The maximum atomic E-state index is 9.67. The molecular weight excluding hydrogens is 457 g/mol. The minimum Gasteiger partial charge on any atom is -0.586 e. The molecule has 0 bridgehead atoms. The van der Waals surface area contributed by atoms with Crippen LogP contribution in [0.25, 0.3) is 0 Å². The Balaban J connectivity index is -0.000000218. The summed E-state index contributed by atoms with van der Waals surface area (Å²) in [5, 5.41) is 0. The third-order valence-electron chi connectivity index (χ3n) is 1.01. The SMILES string of the molecule is COCCO[Si](=O)[O-].COCCO[Si](=O)[O-].[Hg+2]. The van der Waals surface area contributed by atoms with Gasteiger partial charge in [-0.3, -0.25) is 0 Å². The molecule has 0 aromatic carbocycles. The van der Waals surface area contributed by atoms with Gasteiger partial charge < -0.3 is 36.8 Å². The van der Waals surface area contributed by atoms with Gasteiger partial charge in [-0.25, -0.2) is 0 Å². The van der Waals surface area contributed by atoms with Gasteiger partial charge in [0.05, 0.1) is 13.2 Å². The number of hydrogen-bond acceptors (Lipinski definition) is 8. The Morgan fingerprint density at radius 2 is 1.12 bits per heavy atom.